The molecule has 4 heteroatoms. The quantitative estimate of drug-likeness (QED) is 0.692. The number of fused-ring (bicyclic) bond motifs is 1. The Bertz CT molecular complexity index is 814. The first-order valence-corrected chi connectivity index (χ1v) is 8.52. The van der Waals surface area contributed by atoms with Crippen molar-refractivity contribution in [2.75, 3.05) is 20.1 Å². The number of benzene rings is 2. The van der Waals surface area contributed by atoms with E-state index >= 15 is 0 Å². The molecule has 1 aliphatic rings. The van der Waals surface area contributed by atoms with Crippen molar-refractivity contribution in [3.05, 3.63) is 59.2 Å². The molecule has 0 spiro atoms. The zero-order chi connectivity index (χ0) is 15.8. The van der Waals surface area contributed by atoms with E-state index in [-0.39, 0.29) is 0 Å². The van der Waals surface area contributed by atoms with Crippen LogP contribution in [0.2, 0.25) is 5.02 Å². The largest absolute Gasteiger partial charge is 0.306 e. The molecule has 2 heterocycles. The maximum atomic E-state index is 6.02. The zero-order valence-electron chi connectivity index (χ0n) is 13.2. The fraction of sp³-hybridized carbons (Fsp3) is 0.316. The predicted molar refractivity (Wildman–Crippen MR) is 95.6 cm³/mol. The number of halogens is 1. The van der Waals surface area contributed by atoms with Gasteiger partial charge in [-0.1, -0.05) is 29.8 Å². The summed E-state index contributed by atoms with van der Waals surface area (Å²) in [6, 6.07) is 16.4. The number of para-hydroxylation sites is 1. The average Bonchev–Trinajstić information content (AvgIpc) is 2.96. The molecule has 3 aromatic rings. The molecule has 0 N–H and O–H groups in total. The van der Waals surface area contributed by atoms with Crippen molar-refractivity contribution in [2.24, 2.45) is 0 Å². The normalized spacial score (nSPS) is 17.0. The molecule has 0 radical (unpaired) electrons. The summed E-state index contributed by atoms with van der Waals surface area (Å²) in [7, 11) is 2.20. The highest BCUT2D eigenvalue weighted by atomic mass is 35.5. The monoisotopic (exact) mass is 325 g/mol. The Hall–Kier alpha value is -1.84. The fourth-order valence-corrected chi connectivity index (χ4v) is 3.58. The summed E-state index contributed by atoms with van der Waals surface area (Å²) in [5, 5.41) is 7.02. The molecule has 0 saturated carbocycles. The zero-order valence-corrected chi connectivity index (χ0v) is 14.0. The van der Waals surface area contributed by atoms with Crippen LogP contribution in [-0.4, -0.2) is 34.8 Å². The molecule has 0 bridgehead atoms. The number of piperidine rings is 1. The van der Waals surface area contributed by atoms with Gasteiger partial charge in [-0.2, -0.15) is 5.10 Å². The summed E-state index contributed by atoms with van der Waals surface area (Å²) in [5.41, 5.74) is 3.47. The first kappa shape index (κ1) is 14.7. The topological polar surface area (TPSA) is 21.1 Å². The first-order valence-electron chi connectivity index (χ1n) is 8.14. The van der Waals surface area contributed by atoms with Crippen LogP contribution in [0.5, 0.6) is 0 Å². The molecule has 1 aliphatic heterocycles. The lowest BCUT2D eigenvalue weighted by Gasteiger charge is -2.28. The van der Waals surface area contributed by atoms with Crippen LogP contribution in [0, 0.1) is 0 Å². The van der Waals surface area contributed by atoms with Crippen molar-refractivity contribution in [3.8, 4) is 5.69 Å². The summed E-state index contributed by atoms with van der Waals surface area (Å²) < 4.78 is 2.05. The molecule has 3 nitrogen and oxygen atoms in total. The molecular formula is C19H20ClN3. The number of nitrogens with zero attached hydrogens (tertiary/aromatic N) is 3. The fourth-order valence-electron chi connectivity index (χ4n) is 3.45. The van der Waals surface area contributed by atoms with Crippen LogP contribution in [0.3, 0.4) is 0 Å². The Morgan fingerprint density at radius 1 is 1.00 bits per heavy atom. The first-order chi connectivity index (χ1) is 11.2. The SMILES string of the molecule is CN1CCC(c2nn(-c3ccc(Cl)cc3)c3ccccc23)CC1. The third-order valence-electron chi connectivity index (χ3n) is 4.79. The molecule has 23 heavy (non-hydrogen) atoms. The Kier molecular flexibility index (Phi) is 3.83. The van der Waals surface area contributed by atoms with Gasteiger partial charge in [-0.15, -0.1) is 0 Å². The summed E-state index contributed by atoms with van der Waals surface area (Å²) >= 11 is 6.02. The number of aromatic nitrogens is 2. The van der Waals surface area contributed by atoms with Crippen LogP contribution in [0.4, 0.5) is 0 Å². The maximum absolute atomic E-state index is 6.02. The van der Waals surface area contributed by atoms with Gasteiger partial charge in [0.15, 0.2) is 0 Å². The lowest BCUT2D eigenvalue weighted by molar-refractivity contribution is 0.253. The van der Waals surface area contributed by atoms with E-state index in [1.54, 1.807) is 0 Å². The summed E-state index contributed by atoms with van der Waals surface area (Å²) in [4.78, 5) is 2.40. The average molecular weight is 326 g/mol. The van der Waals surface area contributed by atoms with Gasteiger partial charge in [0.1, 0.15) is 0 Å². The van der Waals surface area contributed by atoms with Crippen LogP contribution in [-0.2, 0) is 0 Å². The lowest BCUT2D eigenvalue weighted by atomic mass is 9.92. The van der Waals surface area contributed by atoms with E-state index in [9.17, 15) is 0 Å². The molecule has 1 aromatic heterocycles. The minimum absolute atomic E-state index is 0.546. The van der Waals surface area contributed by atoms with Gasteiger partial charge >= 0.3 is 0 Å². The minimum atomic E-state index is 0.546. The van der Waals surface area contributed by atoms with Crippen LogP contribution in [0.15, 0.2) is 48.5 Å². The molecule has 0 amide bonds. The molecule has 1 fully saturated rings. The van der Waals surface area contributed by atoms with Crippen molar-refractivity contribution in [3.63, 3.8) is 0 Å². The summed E-state index contributed by atoms with van der Waals surface area (Å²) in [6.45, 7) is 2.29. The molecule has 0 atom stereocenters. The third-order valence-corrected chi connectivity index (χ3v) is 5.04. The van der Waals surface area contributed by atoms with Gasteiger partial charge in [-0.3, -0.25) is 0 Å². The lowest BCUT2D eigenvalue weighted by Crippen LogP contribution is -2.29. The molecule has 118 valence electrons. The molecule has 0 aliphatic carbocycles. The van der Waals surface area contributed by atoms with Crippen LogP contribution < -0.4 is 0 Å². The van der Waals surface area contributed by atoms with Crippen molar-refractivity contribution in [1.82, 2.24) is 14.7 Å². The second kappa shape index (κ2) is 5.99. The van der Waals surface area contributed by atoms with E-state index in [0.29, 0.717) is 5.92 Å². The van der Waals surface area contributed by atoms with E-state index in [1.807, 2.05) is 24.3 Å². The smallest absolute Gasteiger partial charge is 0.0744 e. The standard InChI is InChI=1S/C19H20ClN3/c1-22-12-10-14(11-13-22)19-17-4-2-3-5-18(17)23(21-19)16-8-6-15(20)7-9-16/h2-9,14H,10-13H2,1H3. The second-order valence-corrected chi connectivity index (χ2v) is 6.80. The van der Waals surface area contributed by atoms with Gasteiger partial charge in [0.2, 0.25) is 0 Å². The van der Waals surface area contributed by atoms with E-state index in [0.717, 1.165) is 23.8 Å². The summed E-state index contributed by atoms with van der Waals surface area (Å²) in [5.74, 6) is 0.546. The van der Waals surface area contributed by atoms with Crippen LogP contribution >= 0.6 is 11.6 Å². The molecule has 0 unspecified atom stereocenters. The summed E-state index contributed by atoms with van der Waals surface area (Å²) in [6.07, 6.45) is 2.36. The minimum Gasteiger partial charge on any atom is -0.306 e. The second-order valence-electron chi connectivity index (χ2n) is 6.37. The van der Waals surface area contributed by atoms with Crippen molar-refractivity contribution in [1.29, 1.82) is 0 Å². The Morgan fingerprint density at radius 3 is 2.43 bits per heavy atom. The van der Waals surface area contributed by atoms with Gasteiger partial charge < -0.3 is 4.90 Å². The van der Waals surface area contributed by atoms with E-state index in [4.69, 9.17) is 16.7 Å². The number of hydrogen-bond acceptors (Lipinski definition) is 2. The third kappa shape index (κ3) is 2.75. The highest BCUT2D eigenvalue weighted by Crippen LogP contribution is 2.33. The number of rotatable bonds is 2. The van der Waals surface area contributed by atoms with Crippen LogP contribution in [0.1, 0.15) is 24.5 Å². The van der Waals surface area contributed by atoms with Gasteiger partial charge in [0, 0.05) is 16.3 Å². The van der Waals surface area contributed by atoms with E-state index in [2.05, 4.69) is 40.9 Å². The Labute approximate surface area is 141 Å². The van der Waals surface area contributed by atoms with E-state index < -0.39 is 0 Å². The maximum Gasteiger partial charge on any atom is 0.0744 e. The van der Waals surface area contributed by atoms with Crippen LogP contribution in [0.25, 0.3) is 16.6 Å². The Morgan fingerprint density at radius 2 is 1.70 bits per heavy atom. The number of hydrogen-bond donors (Lipinski definition) is 0. The van der Waals surface area contributed by atoms with Gasteiger partial charge in [0.25, 0.3) is 0 Å². The van der Waals surface area contributed by atoms with E-state index in [1.165, 1.54) is 29.4 Å². The van der Waals surface area contributed by atoms with Gasteiger partial charge in [-0.05, 0) is 63.3 Å². The molecule has 1 saturated heterocycles. The van der Waals surface area contributed by atoms with Crippen molar-refractivity contribution in [2.45, 2.75) is 18.8 Å². The van der Waals surface area contributed by atoms with Crippen molar-refractivity contribution < 1.29 is 0 Å². The highest BCUT2D eigenvalue weighted by molar-refractivity contribution is 6.30. The number of likely N-dealkylation sites (tertiary alicyclic amines) is 1. The molecule has 2 aromatic carbocycles. The van der Waals surface area contributed by atoms with Gasteiger partial charge in [0.05, 0.1) is 16.9 Å². The predicted octanol–water partition coefficient (Wildman–Crippen LogP) is 4.49. The molecular weight excluding hydrogens is 306 g/mol. The highest BCUT2D eigenvalue weighted by Gasteiger charge is 2.23. The van der Waals surface area contributed by atoms with Gasteiger partial charge in [-0.25, -0.2) is 4.68 Å². The molecule has 4 rings (SSSR count). The Balaban J connectivity index is 1.81. The van der Waals surface area contributed by atoms with Crippen molar-refractivity contribution >= 4 is 22.5 Å².